The molecule has 3 aromatic heterocycles. The van der Waals surface area contributed by atoms with E-state index in [9.17, 15) is 4.79 Å². The van der Waals surface area contributed by atoms with Crippen molar-refractivity contribution in [2.24, 2.45) is 0 Å². The number of ether oxygens (including phenoxy) is 1. The molecule has 4 heterocycles. The monoisotopic (exact) mass is 516 g/mol. The summed E-state index contributed by atoms with van der Waals surface area (Å²) >= 11 is 0. The predicted molar refractivity (Wildman–Crippen MR) is 144 cm³/mol. The van der Waals surface area contributed by atoms with Crippen LogP contribution in [-0.4, -0.2) is 54.5 Å². The van der Waals surface area contributed by atoms with Crippen molar-refractivity contribution in [2.45, 2.75) is 78.7 Å². The summed E-state index contributed by atoms with van der Waals surface area (Å²) in [5.41, 5.74) is 6.84. The van der Waals surface area contributed by atoms with Gasteiger partial charge in [0.1, 0.15) is 5.60 Å². The zero-order valence-electron chi connectivity index (χ0n) is 23.1. The number of carbonyl (C=O) groups is 1. The van der Waals surface area contributed by atoms with E-state index in [1.54, 1.807) is 4.90 Å². The van der Waals surface area contributed by atoms with E-state index >= 15 is 0 Å². The van der Waals surface area contributed by atoms with Crippen molar-refractivity contribution in [1.29, 1.82) is 0 Å². The predicted octanol–water partition coefficient (Wildman–Crippen LogP) is 5.66. The van der Waals surface area contributed by atoms with E-state index in [1.165, 1.54) is 11.1 Å². The molecule has 1 saturated heterocycles. The van der Waals surface area contributed by atoms with Crippen molar-refractivity contribution >= 4 is 11.7 Å². The molecule has 1 fully saturated rings. The Morgan fingerprint density at radius 1 is 1.11 bits per heavy atom. The molecule has 38 heavy (non-hydrogen) atoms. The number of piperidine rings is 1. The van der Waals surface area contributed by atoms with Gasteiger partial charge in [-0.1, -0.05) is 19.1 Å². The van der Waals surface area contributed by atoms with Crippen LogP contribution in [0.2, 0.25) is 0 Å². The summed E-state index contributed by atoms with van der Waals surface area (Å²) in [6, 6.07) is 10.3. The third kappa shape index (κ3) is 5.42. The van der Waals surface area contributed by atoms with Crippen LogP contribution in [0.4, 0.5) is 4.79 Å². The van der Waals surface area contributed by atoms with Crippen molar-refractivity contribution in [3.05, 3.63) is 64.4 Å². The van der Waals surface area contributed by atoms with E-state index in [1.807, 2.05) is 44.3 Å². The average Bonchev–Trinajstić information content (AvgIpc) is 3.49. The summed E-state index contributed by atoms with van der Waals surface area (Å²) in [7, 11) is 0. The Bertz CT molecular complexity index is 1440. The maximum absolute atomic E-state index is 12.3. The van der Waals surface area contributed by atoms with Gasteiger partial charge >= 0.3 is 6.09 Å². The van der Waals surface area contributed by atoms with Crippen LogP contribution in [0.3, 0.4) is 0 Å². The molecule has 0 unspecified atom stereocenters. The number of fused-ring (bicyclic) bond motifs is 1. The first kappa shape index (κ1) is 25.9. The zero-order valence-corrected chi connectivity index (χ0v) is 23.1. The number of aromatic nitrogens is 5. The molecule has 1 aromatic carbocycles. The Balaban J connectivity index is 1.26. The Kier molecular flexibility index (Phi) is 6.94. The second kappa shape index (κ2) is 10.2. The Labute approximate surface area is 223 Å². The zero-order chi connectivity index (χ0) is 27.0. The fraction of sp³-hybridized carbons (Fsp3) is 0.483. The van der Waals surface area contributed by atoms with E-state index in [0.29, 0.717) is 24.9 Å². The molecule has 1 aliphatic rings. The van der Waals surface area contributed by atoms with Crippen molar-refractivity contribution in [2.75, 3.05) is 13.1 Å². The number of carbonyl (C=O) groups excluding carboxylic acids is 1. The molecule has 1 amide bonds. The Morgan fingerprint density at radius 3 is 2.47 bits per heavy atom. The van der Waals surface area contributed by atoms with Crippen LogP contribution in [0, 0.1) is 13.8 Å². The van der Waals surface area contributed by atoms with Gasteiger partial charge in [0.25, 0.3) is 0 Å². The number of hydrogen-bond donors (Lipinski definition) is 0. The smallest absolute Gasteiger partial charge is 0.410 e. The lowest BCUT2D eigenvalue weighted by atomic mass is 9.97. The lowest BCUT2D eigenvalue weighted by molar-refractivity contribution is 0.0199. The number of amides is 1. The van der Waals surface area contributed by atoms with Gasteiger partial charge < -0.3 is 14.1 Å². The summed E-state index contributed by atoms with van der Waals surface area (Å²) in [6.07, 6.45) is 2.89. The molecule has 200 valence electrons. The van der Waals surface area contributed by atoms with E-state index in [2.05, 4.69) is 42.2 Å². The quantitative estimate of drug-likeness (QED) is 0.337. The average molecular weight is 517 g/mol. The van der Waals surface area contributed by atoms with Gasteiger partial charge in [-0.3, -0.25) is 0 Å². The maximum Gasteiger partial charge on any atom is 0.410 e. The van der Waals surface area contributed by atoms with Crippen LogP contribution in [0.1, 0.15) is 80.6 Å². The van der Waals surface area contributed by atoms with Crippen LogP contribution in [-0.2, 0) is 17.6 Å². The van der Waals surface area contributed by atoms with Gasteiger partial charge in [-0.15, -0.1) is 10.2 Å². The number of aryl methyl sites for hydroxylation is 3. The molecule has 0 atom stereocenters. The molecule has 0 radical (unpaired) electrons. The summed E-state index contributed by atoms with van der Waals surface area (Å²) in [4.78, 5) is 18.9. The first-order chi connectivity index (χ1) is 18.1. The second-order valence-electron chi connectivity index (χ2n) is 11.1. The van der Waals surface area contributed by atoms with Gasteiger partial charge in [-0.05, 0) is 77.6 Å². The number of rotatable bonds is 5. The van der Waals surface area contributed by atoms with Crippen LogP contribution < -0.4 is 0 Å². The lowest BCUT2D eigenvalue weighted by Gasteiger charge is -2.32. The van der Waals surface area contributed by atoms with Gasteiger partial charge in [-0.25, -0.2) is 14.3 Å². The van der Waals surface area contributed by atoms with Crippen molar-refractivity contribution in [3.63, 3.8) is 0 Å². The van der Waals surface area contributed by atoms with Gasteiger partial charge in [-0.2, -0.15) is 5.10 Å². The molecule has 0 bridgehead atoms. The summed E-state index contributed by atoms with van der Waals surface area (Å²) < 4.78 is 13.5. The largest absolute Gasteiger partial charge is 0.444 e. The first-order valence-electron chi connectivity index (χ1n) is 13.4. The maximum atomic E-state index is 12.3. The van der Waals surface area contributed by atoms with E-state index in [4.69, 9.17) is 19.2 Å². The molecule has 0 spiro atoms. The van der Waals surface area contributed by atoms with Crippen LogP contribution >= 0.6 is 0 Å². The molecule has 0 N–H and O–H groups in total. The van der Waals surface area contributed by atoms with Crippen LogP contribution in [0.15, 0.2) is 34.7 Å². The second-order valence-corrected chi connectivity index (χ2v) is 11.1. The van der Waals surface area contributed by atoms with E-state index in [0.717, 1.165) is 54.0 Å². The number of nitrogens with zero attached hydrogens (tertiary/aromatic N) is 6. The lowest BCUT2D eigenvalue weighted by Crippen LogP contribution is -2.41. The summed E-state index contributed by atoms with van der Waals surface area (Å²) in [6.45, 7) is 13.1. The molecule has 9 heteroatoms. The minimum Gasteiger partial charge on any atom is -0.444 e. The first-order valence-corrected chi connectivity index (χ1v) is 13.4. The fourth-order valence-electron chi connectivity index (χ4n) is 5.00. The Morgan fingerprint density at radius 2 is 1.82 bits per heavy atom. The van der Waals surface area contributed by atoms with E-state index in [-0.39, 0.29) is 12.0 Å². The van der Waals surface area contributed by atoms with Crippen molar-refractivity contribution < 1.29 is 13.9 Å². The number of benzene rings is 1. The molecule has 1 aliphatic heterocycles. The van der Waals surface area contributed by atoms with Gasteiger partial charge in [0, 0.05) is 47.9 Å². The molecular weight excluding hydrogens is 480 g/mol. The third-order valence-electron chi connectivity index (χ3n) is 6.93. The van der Waals surface area contributed by atoms with Gasteiger partial charge in [0.05, 0.1) is 5.69 Å². The highest BCUT2D eigenvalue weighted by Crippen LogP contribution is 2.30. The molecule has 9 nitrogen and oxygen atoms in total. The topological polar surface area (TPSA) is 98.7 Å². The number of likely N-dealkylation sites (tertiary alicyclic amines) is 1. The highest BCUT2D eigenvalue weighted by molar-refractivity contribution is 5.68. The van der Waals surface area contributed by atoms with Crippen LogP contribution in [0.25, 0.3) is 17.1 Å². The molecule has 4 aromatic rings. The summed E-state index contributed by atoms with van der Waals surface area (Å²) in [5, 5.41) is 13.4. The van der Waals surface area contributed by atoms with Crippen molar-refractivity contribution in [3.8, 4) is 11.5 Å². The normalized spacial score (nSPS) is 14.8. The van der Waals surface area contributed by atoms with Crippen molar-refractivity contribution in [1.82, 2.24) is 29.7 Å². The Hall–Kier alpha value is -3.75. The molecule has 0 saturated carbocycles. The van der Waals surface area contributed by atoms with Crippen LogP contribution in [0.5, 0.6) is 0 Å². The van der Waals surface area contributed by atoms with E-state index < -0.39 is 5.60 Å². The highest BCUT2D eigenvalue weighted by Gasteiger charge is 2.30. The van der Waals surface area contributed by atoms with Gasteiger partial charge in [0.15, 0.2) is 5.65 Å². The third-order valence-corrected chi connectivity index (χ3v) is 6.93. The number of hydrogen-bond acceptors (Lipinski definition) is 7. The minimum absolute atomic E-state index is 0.136. The molecule has 5 rings (SSSR count). The summed E-state index contributed by atoms with van der Waals surface area (Å²) in [5.74, 6) is 1.28. The molecular formula is C29H36N6O3. The highest BCUT2D eigenvalue weighted by atomic mass is 16.6. The minimum atomic E-state index is -0.495. The fourth-order valence-corrected chi connectivity index (χ4v) is 5.00. The van der Waals surface area contributed by atoms with Gasteiger partial charge in [0.2, 0.25) is 11.8 Å². The molecule has 0 aliphatic carbocycles. The SMILES string of the molecule is CCc1nn2c(C)cc(C)nc2c1Cc1ccc(-c2nnc(C3CCN(C(=O)OC(C)(C)C)CC3)o2)cc1. The standard InChI is InChI=1S/C29H36N6O3/c1-7-24-23(25-30-18(2)16-19(3)35(25)33-24)17-20-8-10-21(11-9-20)26-31-32-27(37-26)22-12-14-34(15-13-22)28(36)38-29(4,5)6/h8-11,16,22H,7,12-15,17H2,1-6H3.